The lowest BCUT2D eigenvalue weighted by Gasteiger charge is -2.07. The standard InChI is InChI=1S/C12H10BrNO/c1-9(13)8-15-12-6-2-5-11-10(12)4-3-7-14-11/h2-7H,1,8H2. The average molecular weight is 264 g/mol. The fraction of sp³-hybridized carbons (Fsp3) is 0.0833. The van der Waals surface area contributed by atoms with E-state index in [1.54, 1.807) is 6.20 Å². The smallest absolute Gasteiger partial charge is 0.129 e. The van der Waals surface area contributed by atoms with Crippen molar-refractivity contribution in [3.05, 3.63) is 47.6 Å². The molecule has 0 N–H and O–H groups in total. The van der Waals surface area contributed by atoms with Gasteiger partial charge >= 0.3 is 0 Å². The summed E-state index contributed by atoms with van der Waals surface area (Å²) in [5, 5.41) is 1.02. The molecule has 1 aromatic heterocycles. The molecule has 0 saturated carbocycles. The molecule has 0 radical (unpaired) electrons. The molecule has 1 heterocycles. The molecule has 0 atom stereocenters. The third kappa shape index (κ3) is 2.36. The van der Waals surface area contributed by atoms with Gasteiger partial charge in [-0.25, -0.2) is 0 Å². The van der Waals surface area contributed by atoms with Crippen molar-refractivity contribution in [2.45, 2.75) is 0 Å². The molecule has 0 aliphatic rings. The van der Waals surface area contributed by atoms with E-state index in [0.717, 1.165) is 21.1 Å². The number of benzene rings is 1. The molecular formula is C12H10BrNO. The highest BCUT2D eigenvalue weighted by molar-refractivity contribution is 9.11. The Hall–Kier alpha value is -1.35. The first kappa shape index (κ1) is 10.2. The van der Waals surface area contributed by atoms with Crippen molar-refractivity contribution in [1.29, 1.82) is 0 Å². The minimum atomic E-state index is 0.466. The van der Waals surface area contributed by atoms with E-state index in [4.69, 9.17) is 4.74 Å². The Balaban J connectivity index is 2.38. The molecule has 2 nitrogen and oxygen atoms in total. The van der Waals surface area contributed by atoms with Gasteiger partial charge in [0.1, 0.15) is 12.4 Å². The van der Waals surface area contributed by atoms with E-state index in [1.807, 2.05) is 30.3 Å². The molecule has 0 spiro atoms. The van der Waals surface area contributed by atoms with Crippen molar-refractivity contribution < 1.29 is 4.74 Å². The summed E-state index contributed by atoms with van der Waals surface area (Å²) in [4.78, 5) is 4.25. The molecule has 0 fully saturated rings. The number of hydrogen-bond acceptors (Lipinski definition) is 2. The largest absolute Gasteiger partial charge is 0.488 e. The van der Waals surface area contributed by atoms with Crippen LogP contribution in [0.1, 0.15) is 0 Å². The second-order valence-electron chi connectivity index (χ2n) is 3.13. The van der Waals surface area contributed by atoms with Gasteiger partial charge in [0.15, 0.2) is 0 Å². The highest BCUT2D eigenvalue weighted by Gasteiger charge is 2.01. The number of hydrogen-bond donors (Lipinski definition) is 0. The highest BCUT2D eigenvalue weighted by Crippen LogP contribution is 2.24. The van der Waals surface area contributed by atoms with Gasteiger partial charge in [0.25, 0.3) is 0 Å². The summed E-state index contributed by atoms with van der Waals surface area (Å²) in [6.45, 7) is 4.19. The molecule has 2 rings (SSSR count). The predicted molar refractivity (Wildman–Crippen MR) is 65.3 cm³/mol. The number of pyridine rings is 1. The summed E-state index contributed by atoms with van der Waals surface area (Å²) in [5.41, 5.74) is 0.940. The SMILES string of the molecule is C=C(Br)COc1cccc2ncccc12. The molecule has 0 amide bonds. The first-order valence-electron chi connectivity index (χ1n) is 4.57. The third-order valence-electron chi connectivity index (χ3n) is 1.99. The predicted octanol–water partition coefficient (Wildman–Crippen LogP) is 3.52. The van der Waals surface area contributed by atoms with Crippen molar-refractivity contribution >= 4 is 26.8 Å². The molecule has 0 unspecified atom stereocenters. The maximum atomic E-state index is 5.59. The van der Waals surface area contributed by atoms with Crippen LogP contribution in [0, 0.1) is 0 Å². The van der Waals surface area contributed by atoms with Crippen LogP contribution in [0.2, 0.25) is 0 Å². The summed E-state index contributed by atoms with van der Waals surface area (Å²) in [5.74, 6) is 0.834. The van der Waals surface area contributed by atoms with E-state index >= 15 is 0 Å². The van der Waals surface area contributed by atoms with Gasteiger partial charge in [-0.15, -0.1) is 0 Å². The monoisotopic (exact) mass is 263 g/mol. The molecule has 0 aliphatic carbocycles. The van der Waals surface area contributed by atoms with Gasteiger partial charge in [-0.2, -0.15) is 0 Å². The fourth-order valence-electron chi connectivity index (χ4n) is 1.36. The van der Waals surface area contributed by atoms with E-state index in [2.05, 4.69) is 27.5 Å². The Bertz CT molecular complexity index is 490. The normalized spacial score (nSPS) is 10.2. The van der Waals surface area contributed by atoms with Crippen LogP contribution in [0.3, 0.4) is 0 Å². The average Bonchev–Trinajstić information content (AvgIpc) is 2.26. The van der Waals surface area contributed by atoms with Gasteiger partial charge in [-0.1, -0.05) is 28.6 Å². The molecular weight excluding hydrogens is 254 g/mol. The van der Waals surface area contributed by atoms with Crippen molar-refractivity contribution in [2.75, 3.05) is 6.61 Å². The Morgan fingerprint density at radius 1 is 1.33 bits per heavy atom. The molecule has 2 aromatic rings. The number of ether oxygens (including phenoxy) is 1. The maximum Gasteiger partial charge on any atom is 0.129 e. The van der Waals surface area contributed by atoms with Crippen LogP contribution in [0.4, 0.5) is 0 Å². The van der Waals surface area contributed by atoms with E-state index in [1.165, 1.54) is 0 Å². The van der Waals surface area contributed by atoms with Crippen LogP contribution in [0.25, 0.3) is 10.9 Å². The maximum absolute atomic E-state index is 5.59. The topological polar surface area (TPSA) is 22.1 Å². The van der Waals surface area contributed by atoms with Crippen molar-refractivity contribution in [2.24, 2.45) is 0 Å². The zero-order chi connectivity index (χ0) is 10.7. The molecule has 0 aliphatic heterocycles. The van der Waals surface area contributed by atoms with E-state index < -0.39 is 0 Å². The van der Waals surface area contributed by atoms with Crippen LogP contribution in [-0.4, -0.2) is 11.6 Å². The summed E-state index contributed by atoms with van der Waals surface area (Å²) in [6, 6.07) is 9.72. The summed E-state index contributed by atoms with van der Waals surface area (Å²) >= 11 is 3.26. The van der Waals surface area contributed by atoms with E-state index in [-0.39, 0.29) is 0 Å². The number of rotatable bonds is 3. The number of aromatic nitrogens is 1. The quantitative estimate of drug-likeness (QED) is 0.846. The van der Waals surface area contributed by atoms with Crippen LogP contribution >= 0.6 is 15.9 Å². The molecule has 3 heteroatoms. The van der Waals surface area contributed by atoms with E-state index in [0.29, 0.717) is 6.61 Å². The summed E-state index contributed by atoms with van der Waals surface area (Å²) in [7, 11) is 0. The Morgan fingerprint density at radius 3 is 3.00 bits per heavy atom. The van der Waals surface area contributed by atoms with Crippen LogP contribution in [-0.2, 0) is 0 Å². The van der Waals surface area contributed by atoms with Crippen molar-refractivity contribution in [1.82, 2.24) is 4.98 Å². The molecule has 15 heavy (non-hydrogen) atoms. The minimum Gasteiger partial charge on any atom is -0.488 e. The Labute approximate surface area is 96.7 Å². The van der Waals surface area contributed by atoms with Crippen molar-refractivity contribution in [3.63, 3.8) is 0 Å². The number of halogens is 1. The summed E-state index contributed by atoms with van der Waals surface area (Å²) < 4.78 is 6.42. The number of nitrogens with zero attached hydrogens (tertiary/aromatic N) is 1. The lowest BCUT2D eigenvalue weighted by molar-refractivity contribution is 0.365. The Kier molecular flexibility index (Phi) is 3.02. The molecule has 0 bridgehead atoms. The Morgan fingerprint density at radius 2 is 2.20 bits per heavy atom. The second-order valence-corrected chi connectivity index (χ2v) is 4.25. The van der Waals surface area contributed by atoms with Gasteiger partial charge in [-0.3, -0.25) is 4.98 Å². The van der Waals surface area contributed by atoms with Gasteiger partial charge in [-0.05, 0) is 24.3 Å². The molecule has 76 valence electrons. The lowest BCUT2D eigenvalue weighted by Crippen LogP contribution is -1.96. The van der Waals surface area contributed by atoms with Gasteiger partial charge < -0.3 is 4.74 Å². The van der Waals surface area contributed by atoms with E-state index in [9.17, 15) is 0 Å². The highest BCUT2D eigenvalue weighted by atomic mass is 79.9. The zero-order valence-electron chi connectivity index (χ0n) is 8.11. The van der Waals surface area contributed by atoms with Gasteiger partial charge in [0.2, 0.25) is 0 Å². The molecule has 0 saturated heterocycles. The number of fused-ring (bicyclic) bond motifs is 1. The van der Waals surface area contributed by atoms with Crippen LogP contribution < -0.4 is 4.74 Å². The molecule has 1 aromatic carbocycles. The van der Waals surface area contributed by atoms with Crippen LogP contribution in [0.5, 0.6) is 5.75 Å². The third-order valence-corrected chi connectivity index (χ3v) is 2.22. The minimum absolute atomic E-state index is 0.466. The van der Waals surface area contributed by atoms with Gasteiger partial charge in [0.05, 0.1) is 5.52 Å². The first-order valence-corrected chi connectivity index (χ1v) is 5.36. The fourth-order valence-corrected chi connectivity index (χ4v) is 1.47. The van der Waals surface area contributed by atoms with Gasteiger partial charge in [0, 0.05) is 16.1 Å². The first-order chi connectivity index (χ1) is 7.27. The lowest BCUT2D eigenvalue weighted by atomic mass is 10.2. The summed E-state index contributed by atoms with van der Waals surface area (Å²) in [6.07, 6.45) is 1.77. The van der Waals surface area contributed by atoms with Crippen LogP contribution in [0.15, 0.2) is 47.6 Å². The second kappa shape index (κ2) is 4.45. The van der Waals surface area contributed by atoms with Crippen molar-refractivity contribution in [3.8, 4) is 5.75 Å². The zero-order valence-corrected chi connectivity index (χ0v) is 9.70.